The van der Waals surface area contributed by atoms with E-state index < -0.39 is 0 Å². The number of hydrogen-bond donors (Lipinski definition) is 2. The Morgan fingerprint density at radius 1 is 1.22 bits per heavy atom. The van der Waals surface area contributed by atoms with Gasteiger partial charge in [-0.1, -0.05) is 0 Å². The summed E-state index contributed by atoms with van der Waals surface area (Å²) >= 11 is 0. The number of carbonyl (C=O) groups excluding carboxylic acids is 1. The molecule has 0 amide bonds. The van der Waals surface area contributed by atoms with E-state index in [2.05, 4.69) is 10.6 Å². The number of ether oxygens (including phenoxy) is 2. The van der Waals surface area contributed by atoms with Gasteiger partial charge in [0.15, 0.2) is 0 Å². The molecule has 0 aliphatic heterocycles. The Bertz CT molecular complexity index is 405. The monoisotopic (exact) mass is 252 g/mol. The fraction of sp³-hybridized carbons (Fsp3) is 0.462. The van der Waals surface area contributed by atoms with Crippen molar-refractivity contribution in [3.8, 4) is 5.75 Å². The van der Waals surface area contributed by atoms with E-state index in [9.17, 15) is 4.79 Å². The second kappa shape index (κ2) is 6.14. The van der Waals surface area contributed by atoms with E-state index in [1.54, 1.807) is 33.3 Å². The molecule has 1 aromatic rings. The molecule has 100 valence electrons. The number of esters is 1. The summed E-state index contributed by atoms with van der Waals surface area (Å²) in [7, 11) is 5.14. The van der Waals surface area contributed by atoms with Gasteiger partial charge in [-0.3, -0.25) is 0 Å². The summed E-state index contributed by atoms with van der Waals surface area (Å²) in [5, 5.41) is 6.05. The lowest BCUT2D eigenvalue weighted by molar-refractivity contribution is 0.0377. The molecule has 0 radical (unpaired) electrons. The Morgan fingerprint density at radius 3 is 2.33 bits per heavy atom. The fourth-order valence-electron chi connectivity index (χ4n) is 1.63. The van der Waals surface area contributed by atoms with E-state index in [-0.39, 0.29) is 12.1 Å². The molecule has 1 aromatic carbocycles. The molecule has 1 rings (SSSR count). The Kier molecular flexibility index (Phi) is 4.83. The number of benzene rings is 1. The maximum absolute atomic E-state index is 11.9. The maximum atomic E-state index is 11.9. The van der Waals surface area contributed by atoms with Crippen LogP contribution in [0.25, 0.3) is 0 Å². The van der Waals surface area contributed by atoms with Gasteiger partial charge in [-0.15, -0.1) is 0 Å². The molecule has 0 aliphatic carbocycles. The molecule has 0 aliphatic rings. The maximum Gasteiger partial charge on any atom is 0.338 e. The first-order chi connectivity index (χ1) is 8.53. The van der Waals surface area contributed by atoms with Crippen LogP contribution in [0.15, 0.2) is 12.1 Å². The van der Waals surface area contributed by atoms with Gasteiger partial charge in [-0.25, -0.2) is 4.79 Å². The normalized spacial score (nSPS) is 10.1. The average Bonchev–Trinajstić information content (AvgIpc) is 2.35. The van der Waals surface area contributed by atoms with Crippen molar-refractivity contribution in [3.63, 3.8) is 0 Å². The van der Waals surface area contributed by atoms with Crippen molar-refractivity contribution in [2.24, 2.45) is 0 Å². The molecular weight excluding hydrogens is 232 g/mol. The number of hydrogen-bond acceptors (Lipinski definition) is 5. The van der Waals surface area contributed by atoms with E-state index in [1.807, 2.05) is 13.8 Å². The fourth-order valence-corrected chi connectivity index (χ4v) is 1.63. The van der Waals surface area contributed by atoms with Gasteiger partial charge in [-0.05, 0) is 26.0 Å². The van der Waals surface area contributed by atoms with Gasteiger partial charge in [0.1, 0.15) is 11.4 Å². The molecule has 0 aromatic heterocycles. The van der Waals surface area contributed by atoms with Crippen molar-refractivity contribution in [2.75, 3.05) is 31.8 Å². The summed E-state index contributed by atoms with van der Waals surface area (Å²) in [6, 6.07) is 3.40. The van der Waals surface area contributed by atoms with Crippen molar-refractivity contribution in [3.05, 3.63) is 17.7 Å². The Morgan fingerprint density at radius 2 is 1.89 bits per heavy atom. The van der Waals surface area contributed by atoms with Crippen LogP contribution < -0.4 is 15.4 Å². The van der Waals surface area contributed by atoms with Crippen LogP contribution in [0, 0.1) is 0 Å². The average molecular weight is 252 g/mol. The SMILES string of the molecule is CNc1cc(C(=O)OC(C)C)cc(OC)c1NC. The molecule has 0 atom stereocenters. The molecule has 0 saturated heterocycles. The van der Waals surface area contributed by atoms with Crippen LogP contribution in [0.4, 0.5) is 11.4 Å². The molecule has 0 spiro atoms. The van der Waals surface area contributed by atoms with Crippen LogP contribution in [0.5, 0.6) is 5.75 Å². The van der Waals surface area contributed by atoms with Crippen LogP contribution in [0.3, 0.4) is 0 Å². The van der Waals surface area contributed by atoms with Crippen molar-refractivity contribution in [2.45, 2.75) is 20.0 Å². The quantitative estimate of drug-likeness (QED) is 0.788. The van der Waals surface area contributed by atoms with Gasteiger partial charge >= 0.3 is 5.97 Å². The zero-order chi connectivity index (χ0) is 13.7. The lowest BCUT2D eigenvalue weighted by atomic mass is 10.1. The molecule has 0 heterocycles. The van der Waals surface area contributed by atoms with Crippen molar-refractivity contribution in [1.29, 1.82) is 0 Å². The number of carbonyl (C=O) groups is 1. The lowest BCUT2D eigenvalue weighted by Gasteiger charge is -2.16. The largest absolute Gasteiger partial charge is 0.494 e. The van der Waals surface area contributed by atoms with Gasteiger partial charge in [-0.2, -0.15) is 0 Å². The summed E-state index contributed by atoms with van der Waals surface area (Å²) < 4.78 is 10.4. The molecule has 0 saturated carbocycles. The molecule has 2 N–H and O–H groups in total. The zero-order valence-corrected chi connectivity index (χ0v) is 11.5. The van der Waals surface area contributed by atoms with E-state index in [1.165, 1.54) is 0 Å². The summed E-state index contributed by atoms with van der Waals surface area (Å²) in [5.41, 5.74) is 2.05. The van der Waals surface area contributed by atoms with E-state index in [4.69, 9.17) is 9.47 Å². The lowest BCUT2D eigenvalue weighted by Crippen LogP contribution is -2.12. The minimum absolute atomic E-state index is 0.148. The first-order valence-electron chi connectivity index (χ1n) is 5.82. The van der Waals surface area contributed by atoms with Crippen LogP contribution in [0.2, 0.25) is 0 Å². The minimum Gasteiger partial charge on any atom is -0.494 e. The Labute approximate surface area is 107 Å². The van der Waals surface area contributed by atoms with Crippen LogP contribution in [-0.2, 0) is 4.74 Å². The van der Waals surface area contributed by atoms with Crippen LogP contribution in [0.1, 0.15) is 24.2 Å². The van der Waals surface area contributed by atoms with Crippen molar-refractivity contribution in [1.82, 2.24) is 0 Å². The highest BCUT2D eigenvalue weighted by Gasteiger charge is 2.16. The highest BCUT2D eigenvalue weighted by molar-refractivity contribution is 5.94. The van der Waals surface area contributed by atoms with Gasteiger partial charge in [0, 0.05) is 14.1 Å². The number of methoxy groups -OCH3 is 1. The Hall–Kier alpha value is -1.91. The van der Waals surface area contributed by atoms with E-state index in [0.29, 0.717) is 11.3 Å². The highest BCUT2D eigenvalue weighted by Crippen LogP contribution is 2.34. The second-order valence-electron chi connectivity index (χ2n) is 4.06. The molecule has 5 nitrogen and oxygen atoms in total. The second-order valence-corrected chi connectivity index (χ2v) is 4.06. The number of rotatable bonds is 5. The minimum atomic E-state index is -0.359. The third-order valence-electron chi connectivity index (χ3n) is 2.42. The summed E-state index contributed by atoms with van der Waals surface area (Å²) in [5.74, 6) is 0.238. The molecule has 0 unspecified atom stereocenters. The first-order valence-corrected chi connectivity index (χ1v) is 5.82. The van der Waals surface area contributed by atoms with Crippen LogP contribution >= 0.6 is 0 Å². The third kappa shape index (κ3) is 3.06. The van der Waals surface area contributed by atoms with Gasteiger partial charge in [0.25, 0.3) is 0 Å². The summed E-state index contributed by atoms with van der Waals surface area (Å²) in [6.45, 7) is 3.63. The van der Waals surface area contributed by atoms with E-state index >= 15 is 0 Å². The predicted molar refractivity (Wildman–Crippen MR) is 72.6 cm³/mol. The smallest absolute Gasteiger partial charge is 0.338 e. The molecule has 18 heavy (non-hydrogen) atoms. The molecule has 5 heteroatoms. The molecular formula is C13H20N2O3. The summed E-state index contributed by atoms with van der Waals surface area (Å²) in [4.78, 5) is 11.9. The van der Waals surface area contributed by atoms with Crippen LogP contribution in [-0.4, -0.2) is 33.3 Å². The number of nitrogens with one attached hydrogen (secondary N) is 2. The number of anilines is 2. The summed E-state index contributed by atoms with van der Waals surface area (Å²) in [6.07, 6.45) is -0.148. The topological polar surface area (TPSA) is 59.6 Å². The molecule has 0 bridgehead atoms. The standard InChI is InChI=1S/C13H20N2O3/c1-8(2)18-13(16)9-6-10(14-3)12(15-4)11(7-9)17-5/h6-8,14-15H,1-5H3. The zero-order valence-electron chi connectivity index (χ0n) is 11.5. The predicted octanol–water partition coefficient (Wildman–Crippen LogP) is 2.34. The van der Waals surface area contributed by atoms with Gasteiger partial charge < -0.3 is 20.1 Å². The van der Waals surface area contributed by atoms with Crippen molar-refractivity contribution >= 4 is 17.3 Å². The van der Waals surface area contributed by atoms with Gasteiger partial charge in [0.2, 0.25) is 0 Å². The first kappa shape index (κ1) is 14.2. The van der Waals surface area contributed by atoms with Gasteiger partial charge in [0.05, 0.1) is 24.5 Å². The Balaban J connectivity index is 3.18. The van der Waals surface area contributed by atoms with E-state index in [0.717, 1.165) is 11.4 Å². The molecule has 0 fully saturated rings. The third-order valence-corrected chi connectivity index (χ3v) is 2.42. The van der Waals surface area contributed by atoms with Crippen molar-refractivity contribution < 1.29 is 14.3 Å². The highest BCUT2D eigenvalue weighted by atomic mass is 16.5.